The second kappa shape index (κ2) is 3.91. The molecule has 1 fully saturated rings. The quantitative estimate of drug-likeness (QED) is 0.885. The fraction of sp³-hybridized carbons (Fsp3) is 0.357. The van der Waals surface area contributed by atoms with Crippen molar-refractivity contribution >= 4 is 22.6 Å². The predicted molar refractivity (Wildman–Crippen MR) is 71.2 cm³/mol. The summed E-state index contributed by atoms with van der Waals surface area (Å²) in [6.45, 7) is 1.37. The van der Waals surface area contributed by atoms with Gasteiger partial charge in [0.2, 0.25) is 5.91 Å². The first-order valence-electron chi connectivity index (χ1n) is 6.59. The third-order valence-corrected chi connectivity index (χ3v) is 3.75. The molecule has 5 heteroatoms. The summed E-state index contributed by atoms with van der Waals surface area (Å²) in [5.41, 5.74) is 3.64. The van der Waals surface area contributed by atoms with Crippen LogP contribution in [0.25, 0.3) is 16.7 Å². The van der Waals surface area contributed by atoms with E-state index >= 15 is 0 Å². The molecule has 0 bridgehead atoms. The Kier molecular flexibility index (Phi) is 2.21. The van der Waals surface area contributed by atoms with Crippen LogP contribution in [-0.4, -0.2) is 38.8 Å². The molecule has 0 aromatic carbocycles. The minimum Gasteiger partial charge on any atom is -0.345 e. The van der Waals surface area contributed by atoms with E-state index < -0.39 is 0 Å². The lowest BCUT2D eigenvalue weighted by atomic mass is 10.2. The van der Waals surface area contributed by atoms with Gasteiger partial charge in [-0.05, 0) is 24.5 Å². The maximum atomic E-state index is 12.0. The average Bonchev–Trinajstić information content (AvgIpc) is 2.99. The van der Waals surface area contributed by atoms with Crippen molar-refractivity contribution in [1.82, 2.24) is 19.9 Å². The predicted octanol–water partition coefficient (Wildman–Crippen LogP) is 1.59. The molecule has 1 aliphatic carbocycles. The number of nitrogens with zero attached hydrogens (tertiary/aromatic N) is 3. The monoisotopic (exact) mass is 254 g/mol. The van der Waals surface area contributed by atoms with Gasteiger partial charge in [-0.1, -0.05) is 6.08 Å². The molecule has 2 aromatic heterocycles. The van der Waals surface area contributed by atoms with Crippen LogP contribution < -0.4 is 0 Å². The van der Waals surface area contributed by atoms with Crippen LogP contribution in [0.1, 0.15) is 18.5 Å². The molecule has 4 rings (SSSR count). The van der Waals surface area contributed by atoms with Gasteiger partial charge >= 0.3 is 0 Å². The number of H-pyrrole nitrogens is 1. The number of hydrogen-bond donors (Lipinski definition) is 1. The number of carbonyl (C=O) groups is 1. The average molecular weight is 254 g/mol. The van der Waals surface area contributed by atoms with E-state index in [9.17, 15) is 4.79 Å². The van der Waals surface area contributed by atoms with Gasteiger partial charge in [0, 0.05) is 25.2 Å². The van der Waals surface area contributed by atoms with Crippen LogP contribution in [0.15, 0.2) is 24.5 Å². The second-order valence-electron chi connectivity index (χ2n) is 5.19. The molecular formula is C14H14N4O. The summed E-state index contributed by atoms with van der Waals surface area (Å²) in [6.07, 6.45) is 7.80. The zero-order valence-corrected chi connectivity index (χ0v) is 10.5. The highest BCUT2D eigenvalue weighted by Gasteiger charge is 2.34. The molecule has 2 aromatic rings. The lowest BCUT2D eigenvalue weighted by Gasteiger charge is -2.15. The Morgan fingerprint density at radius 3 is 3.16 bits per heavy atom. The number of fused-ring (bicyclic) bond motifs is 1. The maximum absolute atomic E-state index is 12.0. The van der Waals surface area contributed by atoms with E-state index in [4.69, 9.17) is 0 Å². The number of aromatic nitrogens is 3. The van der Waals surface area contributed by atoms with Crippen molar-refractivity contribution in [3.8, 4) is 0 Å². The van der Waals surface area contributed by atoms with E-state index in [0.29, 0.717) is 19.0 Å². The normalized spacial score (nSPS) is 18.9. The molecular weight excluding hydrogens is 240 g/mol. The highest BCUT2D eigenvalue weighted by atomic mass is 16.2. The zero-order chi connectivity index (χ0) is 12.8. The van der Waals surface area contributed by atoms with E-state index in [0.717, 1.165) is 35.3 Å². The number of nitrogens with one attached hydrogen (secondary N) is 1. The summed E-state index contributed by atoms with van der Waals surface area (Å²) >= 11 is 0. The number of hydrogen-bond acceptors (Lipinski definition) is 3. The first kappa shape index (κ1) is 10.7. The first-order chi connectivity index (χ1) is 9.31. The van der Waals surface area contributed by atoms with E-state index in [1.165, 1.54) is 0 Å². The molecule has 0 spiro atoms. The molecule has 3 heterocycles. The summed E-state index contributed by atoms with van der Waals surface area (Å²) in [5.74, 6) is 0.577. The van der Waals surface area contributed by atoms with Gasteiger partial charge in [0.25, 0.3) is 0 Å². The number of carbonyl (C=O) groups excluding carboxylic acids is 1. The van der Waals surface area contributed by atoms with Gasteiger partial charge in [0.15, 0.2) is 5.65 Å². The van der Waals surface area contributed by atoms with Crippen LogP contribution in [0.5, 0.6) is 0 Å². The summed E-state index contributed by atoms with van der Waals surface area (Å²) in [5, 5.41) is 0. The summed E-state index contributed by atoms with van der Waals surface area (Å²) in [7, 11) is 0. The number of rotatable bonds is 2. The number of aromatic amines is 1. The first-order valence-corrected chi connectivity index (χ1v) is 6.59. The number of amides is 1. The van der Waals surface area contributed by atoms with Gasteiger partial charge < -0.3 is 9.88 Å². The van der Waals surface area contributed by atoms with Crippen molar-refractivity contribution in [3.63, 3.8) is 0 Å². The van der Waals surface area contributed by atoms with Crippen LogP contribution in [0.2, 0.25) is 0 Å². The Labute approximate surface area is 110 Å². The van der Waals surface area contributed by atoms with Crippen LogP contribution >= 0.6 is 0 Å². The molecule has 0 unspecified atom stereocenters. The van der Waals surface area contributed by atoms with E-state index in [1.807, 2.05) is 17.2 Å². The summed E-state index contributed by atoms with van der Waals surface area (Å²) in [4.78, 5) is 25.9. The van der Waals surface area contributed by atoms with Gasteiger partial charge in [-0.3, -0.25) is 4.79 Å². The van der Waals surface area contributed by atoms with Gasteiger partial charge in [0.1, 0.15) is 5.52 Å². The van der Waals surface area contributed by atoms with Crippen molar-refractivity contribution in [3.05, 3.63) is 30.2 Å². The van der Waals surface area contributed by atoms with Crippen LogP contribution in [0, 0.1) is 5.92 Å². The van der Waals surface area contributed by atoms with Crippen molar-refractivity contribution < 1.29 is 4.79 Å². The Bertz CT molecular complexity index is 684. The van der Waals surface area contributed by atoms with Crippen molar-refractivity contribution in [2.24, 2.45) is 5.92 Å². The third kappa shape index (κ3) is 1.82. The van der Waals surface area contributed by atoms with Crippen LogP contribution in [0.3, 0.4) is 0 Å². The highest BCUT2D eigenvalue weighted by Crippen LogP contribution is 2.33. The van der Waals surface area contributed by atoms with Gasteiger partial charge in [-0.25, -0.2) is 9.97 Å². The van der Waals surface area contributed by atoms with E-state index in [-0.39, 0.29) is 5.92 Å². The smallest absolute Gasteiger partial charge is 0.226 e. The fourth-order valence-electron chi connectivity index (χ4n) is 2.48. The summed E-state index contributed by atoms with van der Waals surface area (Å²) < 4.78 is 0. The molecule has 1 N–H and O–H groups in total. The Hall–Kier alpha value is -2.17. The SMILES string of the molecule is O=C(C1CC1)N1CC=C(c2cnc3[nH]ccc3n2)C1. The minimum atomic E-state index is 0.283. The van der Waals surface area contributed by atoms with Gasteiger partial charge in [-0.15, -0.1) is 0 Å². The fourth-order valence-corrected chi connectivity index (χ4v) is 2.48. The lowest BCUT2D eigenvalue weighted by molar-refractivity contribution is -0.131. The molecule has 96 valence electrons. The standard InChI is InChI=1S/C14H14N4O/c19-14(9-1-2-9)18-6-4-10(8-18)12-7-16-13-11(17-12)3-5-15-13/h3-5,7,9H,1-2,6,8H2,(H,15,16). The molecule has 1 saturated carbocycles. The van der Waals surface area contributed by atoms with Gasteiger partial charge in [-0.2, -0.15) is 0 Å². The maximum Gasteiger partial charge on any atom is 0.226 e. The molecule has 0 saturated heterocycles. The highest BCUT2D eigenvalue weighted by molar-refractivity contribution is 5.85. The van der Waals surface area contributed by atoms with E-state index in [2.05, 4.69) is 21.0 Å². The van der Waals surface area contributed by atoms with Crippen molar-refractivity contribution in [1.29, 1.82) is 0 Å². The van der Waals surface area contributed by atoms with Crippen molar-refractivity contribution in [2.45, 2.75) is 12.8 Å². The summed E-state index contributed by atoms with van der Waals surface area (Å²) in [6, 6.07) is 1.91. The largest absolute Gasteiger partial charge is 0.345 e. The molecule has 19 heavy (non-hydrogen) atoms. The molecule has 5 nitrogen and oxygen atoms in total. The topological polar surface area (TPSA) is 61.9 Å². The minimum absolute atomic E-state index is 0.283. The Morgan fingerprint density at radius 2 is 2.32 bits per heavy atom. The molecule has 1 amide bonds. The lowest BCUT2D eigenvalue weighted by Crippen LogP contribution is -2.30. The van der Waals surface area contributed by atoms with Crippen LogP contribution in [0.4, 0.5) is 0 Å². The third-order valence-electron chi connectivity index (χ3n) is 3.75. The Balaban J connectivity index is 1.57. The Morgan fingerprint density at radius 1 is 1.42 bits per heavy atom. The van der Waals surface area contributed by atoms with Gasteiger partial charge in [0.05, 0.1) is 11.9 Å². The van der Waals surface area contributed by atoms with Crippen molar-refractivity contribution in [2.75, 3.05) is 13.1 Å². The van der Waals surface area contributed by atoms with E-state index in [1.54, 1.807) is 6.20 Å². The molecule has 1 aliphatic heterocycles. The molecule has 0 atom stereocenters. The van der Waals surface area contributed by atoms with Crippen LogP contribution in [-0.2, 0) is 4.79 Å². The molecule has 0 radical (unpaired) electrons. The second-order valence-corrected chi connectivity index (χ2v) is 5.19. The zero-order valence-electron chi connectivity index (χ0n) is 10.5. The molecule has 2 aliphatic rings.